The molecule has 2 amide bonds. The molecule has 1 aliphatic heterocycles. The van der Waals surface area contributed by atoms with Gasteiger partial charge in [0.2, 0.25) is 11.8 Å². The van der Waals surface area contributed by atoms with E-state index < -0.39 is 0 Å². The molecule has 0 bridgehead atoms. The first-order valence-corrected chi connectivity index (χ1v) is 4.41. The van der Waals surface area contributed by atoms with Crippen molar-refractivity contribution in [1.82, 2.24) is 16.0 Å². The molecule has 1 heterocycles. The Hall–Kier alpha value is -1.54. The summed E-state index contributed by atoms with van der Waals surface area (Å²) in [5, 5.41) is 8.07. The Morgan fingerprint density at radius 1 is 1.71 bits per heavy atom. The first-order chi connectivity index (χ1) is 6.74. The number of amides is 2. The van der Waals surface area contributed by atoms with E-state index in [9.17, 15) is 9.59 Å². The van der Waals surface area contributed by atoms with Crippen LogP contribution in [0, 0.1) is 11.8 Å². The zero-order valence-corrected chi connectivity index (χ0v) is 8.02. The highest BCUT2D eigenvalue weighted by molar-refractivity contribution is 5.86. The molecule has 0 aromatic carbocycles. The highest BCUT2D eigenvalue weighted by Crippen LogP contribution is 1.87. The second kappa shape index (κ2) is 5.25. The Balaban J connectivity index is 2.29. The van der Waals surface area contributed by atoms with Crippen LogP contribution >= 0.6 is 0 Å². The molecular weight excluding hydrogens is 182 g/mol. The van der Waals surface area contributed by atoms with Crippen LogP contribution in [0.15, 0.2) is 0 Å². The quantitative estimate of drug-likeness (QED) is 0.456. The average Bonchev–Trinajstić information content (AvgIpc) is 2.19. The molecule has 1 fully saturated rings. The monoisotopic (exact) mass is 195 g/mol. The number of hydrogen-bond donors (Lipinski definition) is 3. The normalized spacial score (nSPS) is 20.4. The SMILES string of the molecule is CC#CCNC(=O)C1CNC(=O)CN1. The molecule has 0 aromatic heterocycles. The second-order valence-electron chi connectivity index (χ2n) is 2.88. The average molecular weight is 195 g/mol. The van der Waals surface area contributed by atoms with Crippen LogP contribution in [0.2, 0.25) is 0 Å². The van der Waals surface area contributed by atoms with E-state index in [1.165, 1.54) is 0 Å². The summed E-state index contributed by atoms with van der Waals surface area (Å²) >= 11 is 0. The fourth-order valence-corrected chi connectivity index (χ4v) is 1.09. The minimum absolute atomic E-state index is 0.0811. The van der Waals surface area contributed by atoms with Crippen molar-refractivity contribution in [1.29, 1.82) is 0 Å². The third kappa shape index (κ3) is 3.07. The zero-order valence-electron chi connectivity index (χ0n) is 8.02. The maximum Gasteiger partial charge on any atom is 0.239 e. The van der Waals surface area contributed by atoms with Crippen molar-refractivity contribution in [3.05, 3.63) is 0 Å². The number of nitrogens with one attached hydrogen (secondary N) is 3. The summed E-state index contributed by atoms with van der Waals surface area (Å²) in [6.45, 7) is 2.59. The minimum Gasteiger partial charge on any atom is -0.353 e. The Morgan fingerprint density at radius 2 is 2.50 bits per heavy atom. The molecule has 1 saturated heterocycles. The van der Waals surface area contributed by atoms with Crippen LogP contribution in [0.3, 0.4) is 0 Å². The van der Waals surface area contributed by atoms with Crippen LogP contribution in [-0.2, 0) is 9.59 Å². The third-order valence-electron chi connectivity index (χ3n) is 1.86. The molecule has 1 unspecified atom stereocenters. The van der Waals surface area contributed by atoms with Gasteiger partial charge in [0.25, 0.3) is 0 Å². The van der Waals surface area contributed by atoms with E-state index in [1.807, 2.05) is 0 Å². The second-order valence-corrected chi connectivity index (χ2v) is 2.88. The molecule has 1 rings (SSSR count). The number of carbonyl (C=O) groups excluding carboxylic acids is 2. The van der Waals surface area contributed by atoms with Crippen molar-refractivity contribution in [2.75, 3.05) is 19.6 Å². The predicted molar refractivity (Wildman–Crippen MR) is 51.3 cm³/mol. The largest absolute Gasteiger partial charge is 0.353 e. The van der Waals surface area contributed by atoms with Crippen LogP contribution in [0.5, 0.6) is 0 Å². The summed E-state index contributed by atoms with van der Waals surface area (Å²) in [5.41, 5.74) is 0. The number of carbonyl (C=O) groups is 2. The van der Waals surface area contributed by atoms with Gasteiger partial charge in [-0.3, -0.25) is 14.9 Å². The zero-order chi connectivity index (χ0) is 10.4. The topological polar surface area (TPSA) is 70.2 Å². The van der Waals surface area contributed by atoms with Crippen molar-refractivity contribution in [2.45, 2.75) is 13.0 Å². The highest BCUT2D eigenvalue weighted by atomic mass is 16.2. The van der Waals surface area contributed by atoms with Crippen LogP contribution in [0.1, 0.15) is 6.92 Å². The van der Waals surface area contributed by atoms with Crippen molar-refractivity contribution in [2.24, 2.45) is 0 Å². The van der Waals surface area contributed by atoms with E-state index >= 15 is 0 Å². The summed E-state index contributed by atoms with van der Waals surface area (Å²) < 4.78 is 0. The number of hydrogen-bond acceptors (Lipinski definition) is 3. The molecule has 0 radical (unpaired) electrons. The summed E-state index contributed by atoms with van der Waals surface area (Å²) in [5.74, 6) is 5.20. The lowest BCUT2D eigenvalue weighted by atomic mass is 10.2. The molecule has 5 heteroatoms. The first-order valence-electron chi connectivity index (χ1n) is 4.41. The van der Waals surface area contributed by atoms with Gasteiger partial charge in [0.1, 0.15) is 6.04 Å². The standard InChI is InChI=1S/C9H13N3O2/c1-2-3-4-10-9(14)7-5-12-8(13)6-11-7/h7,11H,4-6H2,1H3,(H,10,14)(H,12,13). The lowest BCUT2D eigenvalue weighted by molar-refractivity contribution is -0.126. The van der Waals surface area contributed by atoms with E-state index in [1.54, 1.807) is 6.92 Å². The predicted octanol–water partition coefficient (Wildman–Crippen LogP) is -1.79. The van der Waals surface area contributed by atoms with Gasteiger partial charge in [0.15, 0.2) is 0 Å². The van der Waals surface area contributed by atoms with Crippen LogP contribution < -0.4 is 16.0 Å². The van der Waals surface area contributed by atoms with Gasteiger partial charge in [-0.2, -0.15) is 0 Å². The lowest BCUT2D eigenvalue weighted by Crippen LogP contribution is -2.58. The maximum atomic E-state index is 11.4. The summed E-state index contributed by atoms with van der Waals surface area (Å²) in [6, 6.07) is -0.341. The van der Waals surface area contributed by atoms with E-state index in [2.05, 4.69) is 27.8 Å². The molecule has 1 atom stereocenters. The first kappa shape index (κ1) is 10.5. The molecule has 14 heavy (non-hydrogen) atoms. The van der Waals surface area contributed by atoms with Gasteiger partial charge in [-0.15, -0.1) is 5.92 Å². The lowest BCUT2D eigenvalue weighted by Gasteiger charge is -2.22. The molecule has 76 valence electrons. The molecule has 3 N–H and O–H groups in total. The van der Waals surface area contributed by atoms with Gasteiger partial charge in [-0.05, 0) is 6.92 Å². The van der Waals surface area contributed by atoms with Crippen LogP contribution in [0.4, 0.5) is 0 Å². The van der Waals surface area contributed by atoms with Gasteiger partial charge >= 0.3 is 0 Å². The van der Waals surface area contributed by atoms with Crippen LogP contribution in [0.25, 0.3) is 0 Å². The molecule has 0 aromatic rings. The van der Waals surface area contributed by atoms with E-state index in [4.69, 9.17) is 0 Å². The minimum atomic E-state index is -0.341. The van der Waals surface area contributed by atoms with Crippen LogP contribution in [-0.4, -0.2) is 37.5 Å². The molecule has 0 spiro atoms. The van der Waals surface area contributed by atoms with Gasteiger partial charge in [-0.1, -0.05) is 5.92 Å². The summed E-state index contributed by atoms with van der Waals surface area (Å²) in [6.07, 6.45) is 0. The molecule has 0 saturated carbocycles. The Morgan fingerprint density at radius 3 is 3.07 bits per heavy atom. The van der Waals surface area contributed by atoms with Crippen molar-refractivity contribution in [3.8, 4) is 11.8 Å². The van der Waals surface area contributed by atoms with Crippen molar-refractivity contribution >= 4 is 11.8 Å². The van der Waals surface area contributed by atoms with Gasteiger partial charge < -0.3 is 10.6 Å². The van der Waals surface area contributed by atoms with E-state index in [-0.39, 0.29) is 24.4 Å². The van der Waals surface area contributed by atoms with E-state index in [0.29, 0.717) is 13.1 Å². The molecule has 1 aliphatic rings. The van der Waals surface area contributed by atoms with Crippen molar-refractivity contribution < 1.29 is 9.59 Å². The molecular formula is C9H13N3O2. The Labute approximate surface area is 82.6 Å². The molecule has 5 nitrogen and oxygen atoms in total. The maximum absolute atomic E-state index is 11.4. The van der Waals surface area contributed by atoms with Crippen molar-refractivity contribution in [3.63, 3.8) is 0 Å². The smallest absolute Gasteiger partial charge is 0.239 e. The summed E-state index contributed by atoms with van der Waals surface area (Å²) in [7, 11) is 0. The highest BCUT2D eigenvalue weighted by Gasteiger charge is 2.22. The fraction of sp³-hybridized carbons (Fsp3) is 0.556. The van der Waals surface area contributed by atoms with E-state index in [0.717, 1.165) is 0 Å². The number of piperazine rings is 1. The summed E-state index contributed by atoms with van der Waals surface area (Å²) in [4.78, 5) is 22.2. The van der Waals surface area contributed by atoms with Gasteiger partial charge in [-0.25, -0.2) is 0 Å². The Kier molecular flexibility index (Phi) is 3.95. The molecule has 0 aliphatic carbocycles. The van der Waals surface area contributed by atoms with Gasteiger partial charge in [0, 0.05) is 6.54 Å². The third-order valence-corrected chi connectivity index (χ3v) is 1.86. The Bertz CT molecular complexity index is 280. The fourth-order valence-electron chi connectivity index (χ4n) is 1.09. The van der Waals surface area contributed by atoms with Gasteiger partial charge in [0.05, 0.1) is 13.1 Å². The number of rotatable bonds is 2.